The molecule has 0 aliphatic rings. The third-order valence-electron chi connectivity index (χ3n) is 2.88. The van der Waals surface area contributed by atoms with Crippen molar-refractivity contribution in [3.63, 3.8) is 0 Å². The van der Waals surface area contributed by atoms with E-state index in [1.807, 2.05) is 44.2 Å². The number of rotatable bonds is 7. The number of nitrogens with one attached hydrogen (secondary N) is 2. The van der Waals surface area contributed by atoms with Crippen LogP contribution in [0.5, 0.6) is 0 Å². The molecule has 1 aromatic carbocycles. The Kier molecular flexibility index (Phi) is 7.04. The van der Waals surface area contributed by atoms with Gasteiger partial charge in [0.2, 0.25) is 5.78 Å². The zero-order chi connectivity index (χ0) is 16.5. The Labute approximate surface area is 129 Å². The van der Waals surface area contributed by atoms with Crippen molar-refractivity contribution in [1.29, 1.82) is 0 Å². The quantitative estimate of drug-likeness (QED) is 0.300. The van der Waals surface area contributed by atoms with Crippen LogP contribution in [0.15, 0.2) is 30.3 Å². The van der Waals surface area contributed by atoms with Crippen LogP contribution in [0.2, 0.25) is 0 Å². The van der Waals surface area contributed by atoms with E-state index < -0.39 is 23.8 Å². The SMILES string of the molecule is CC(C)C[C@H](NC(=O)OCc1ccccc1)C(=O)C(=O)NN. The number of alkyl carbamates (subject to hydrolysis) is 1. The van der Waals surface area contributed by atoms with Crippen LogP contribution in [0.3, 0.4) is 0 Å². The molecule has 0 aliphatic heterocycles. The molecule has 0 bridgehead atoms. The molecule has 0 unspecified atom stereocenters. The molecule has 0 aliphatic carbocycles. The van der Waals surface area contributed by atoms with E-state index in [1.54, 1.807) is 5.43 Å². The van der Waals surface area contributed by atoms with Crippen LogP contribution >= 0.6 is 0 Å². The minimum absolute atomic E-state index is 0.0817. The molecule has 0 saturated carbocycles. The molecule has 4 N–H and O–H groups in total. The van der Waals surface area contributed by atoms with Crippen LogP contribution in [-0.4, -0.2) is 23.8 Å². The van der Waals surface area contributed by atoms with E-state index in [0.29, 0.717) is 6.42 Å². The van der Waals surface area contributed by atoms with Gasteiger partial charge in [0, 0.05) is 0 Å². The second-order valence-corrected chi connectivity index (χ2v) is 5.23. The number of hydrogen-bond donors (Lipinski definition) is 3. The number of benzene rings is 1. The van der Waals surface area contributed by atoms with Gasteiger partial charge < -0.3 is 10.1 Å². The zero-order valence-corrected chi connectivity index (χ0v) is 12.7. The Bertz CT molecular complexity index is 517. The summed E-state index contributed by atoms with van der Waals surface area (Å²) in [5, 5.41) is 2.41. The Balaban J connectivity index is 2.58. The Morgan fingerprint density at radius 1 is 1.18 bits per heavy atom. The van der Waals surface area contributed by atoms with Crippen molar-refractivity contribution in [2.45, 2.75) is 32.9 Å². The summed E-state index contributed by atoms with van der Waals surface area (Å²) in [6, 6.07) is 8.16. The van der Waals surface area contributed by atoms with E-state index in [2.05, 4.69) is 5.32 Å². The third-order valence-corrected chi connectivity index (χ3v) is 2.88. The predicted octanol–water partition coefficient (Wildman–Crippen LogP) is 0.886. The maximum Gasteiger partial charge on any atom is 0.408 e. The number of carbonyl (C=O) groups is 3. The molecule has 2 amide bonds. The van der Waals surface area contributed by atoms with E-state index in [1.165, 1.54) is 0 Å². The van der Waals surface area contributed by atoms with E-state index in [4.69, 9.17) is 10.6 Å². The zero-order valence-electron chi connectivity index (χ0n) is 12.7. The van der Waals surface area contributed by atoms with E-state index >= 15 is 0 Å². The van der Waals surface area contributed by atoms with E-state index in [0.717, 1.165) is 5.56 Å². The molecule has 1 atom stereocenters. The molecule has 0 radical (unpaired) electrons. The van der Waals surface area contributed by atoms with Crippen LogP contribution in [0, 0.1) is 5.92 Å². The Hall–Kier alpha value is -2.41. The highest BCUT2D eigenvalue weighted by Crippen LogP contribution is 2.07. The average molecular weight is 307 g/mol. The number of ketones is 1. The fourth-order valence-corrected chi connectivity index (χ4v) is 1.84. The normalized spacial score (nSPS) is 11.6. The van der Waals surface area contributed by atoms with Gasteiger partial charge in [0.25, 0.3) is 0 Å². The van der Waals surface area contributed by atoms with Gasteiger partial charge >= 0.3 is 12.0 Å². The number of carbonyl (C=O) groups excluding carboxylic acids is 3. The number of nitrogens with two attached hydrogens (primary N) is 1. The lowest BCUT2D eigenvalue weighted by atomic mass is 10.00. The standard InChI is InChI=1S/C15H21N3O4/c1-10(2)8-12(13(19)14(20)18-16)17-15(21)22-9-11-6-4-3-5-7-11/h3-7,10,12H,8-9,16H2,1-2H3,(H,17,21)(H,18,20)/t12-/m0/s1. The molecule has 7 heteroatoms. The molecule has 22 heavy (non-hydrogen) atoms. The lowest BCUT2D eigenvalue weighted by Crippen LogP contribution is -2.49. The summed E-state index contributed by atoms with van der Waals surface area (Å²) in [7, 11) is 0. The van der Waals surface area contributed by atoms with Crippen LogP contribution in [0.25, 0.3) is 0 Å². The van der Waals surface area contributed by atoms with Crippen molar-refractivity contribution in [3.8, 4) is 0 Å². The monoisotopic (exact) mass is 307 g/mol. The summed E-state index contributed by atoms with van der Waals surface area (Å²) in [6.45, 7) is 3.83. The highest BCUT2D eigenvalue weighted by molar-refractivity contribution is 6.38. The van der Waals surface area contributed by atoms with E-state index in [-0.39, 0.29) is 12.5 Å². The van der Waals surface area contributed by atoms with Crippen molar-refractivity contribution in [3.05, 3.63) is 35.9 Å². The second kappa shape index (κ2) is 8.78. The number of amides is 2. The van der Waals surface area contributed by atoms with Gasteiger partial charge in [0.1, 0.15) is 12.6 Å². The van der Waals surface area contributed by atoms with Gasteiger partial charge in [-0.15, -0.1) is 0 Å². The smallest absolute Gasteiger partial charge is 0.408 e. The lowest BCUT2D eigenvalue weighted by Gasteiger charge is -2.18. The highest BCUT2D eigenvalue weighted by Gasteiger charge is 2.27. The molecular formula is C15H21N3O4. The van der Waals surface area contributed by atoms with E-state index in [9.17, 15) is 14.4 Å². The van der Waals surface area contributed by atoms with Gasteiger partial charge in [0.05, 0.1) is 0 Å². The molecule has 7 nitrogen and oxygen atoms in total. The number of ether oxygens (including phenoxy) is 1. The third kappa shape index (κ3) is 5.92. The summed E-state index contributed by atoms with van der Waals surface area (Å²) in [6.07, 6.45) is -0.445. The molecule has 0 heterocycles. The molecular weight excluding hydrogens is 286 g/mol. The largest absolute Gasteiger partial charge is 0.445 e. The highest BCUT2D eigenvalue weighted by atomic mass is 16.5. The summed E-state index contributed by atoms with van der Waals surface area (Å²) in [5.41, 5.74) is 2.59. The first-order valence-corrected chi connectivity index (χ1v) is 6.96. The topological polar surface area (TPSA) is 111 Å². The summed E-state index contributed by atoms with van der Waals surface area (Å²) < 4.78 is 5.04. The van der Waals surface area contributed by atoms with Crippen molar-refractivity contribution in [1.82, 2.24) is 10.7 Å². The number of Topliss-reactive ketones (excluding diaryl/α,β-unsaturated/α-hetero) is 1. The Morgan fingerprint density at radius 3 is 2.36 bits per heavy atom. The second-order valence-electron chi connectivity index (χ2n) is 5.23. The summed E-state index contributed by atoms with van der Waals surface area (Å²) >= 11 is 0. The lowest BCUT2D eigenvalue weighted by molar-refractivity contribution is -0.139. The van der Waals surface area contributed by atoms with Crippen LogP contribution in [0.1, 0.15) is 25.8 Å². The fraction of sp³-hybridized carbons (Fsp3) is 0.400. The molecule has 0 saturated heterocycles. The first kappa shape index (κ1) is 17.6. The molecule has 0 fully saturated rings. The summed E-state index contributed by atoms with van der Waals surface area (Å²) in [5.74, 6) is 3.30. The molecule has 120 valence electrons. The number of hydrazine groups is 1. The van der Waals surface area contributed by atoms with Crippen LogP contribution in [0.4, 0.5) is 4.79 Å². The maximum absolute atomic E-state index is 11.9. The van der Waals surface area contributed by atoms with Gasteiger partial charge in [-0.05, 0) is 17.9 Å². The minimum Gasteiger partial charge on any atom is -0.445 e. The van der Waals surface area contributed by atoms with Gasteiger partial charge in [0.15, 0.2) is 0 Å². The predicted molar refractivity (Wildman–Crippen MR) is 80.3 cm³/mol. The average Bonchev–Trinajstić information content (AvgIpc) is 2.51. The summed E-state index contributed by atoms with van der Waals surface area (Å²) in [4.78, 5) is 35.0. The van der Waals surface area contributed by atoms with Crippen molar-refractivity contribution < 1.29 is 19.1 Å². The molecule has 1 aromatic rings. The van der Waals surface area contributed by atoms with Crippen LogP contribution in [-0.2, 0) is 20.9 Å². The molecule has 1 rings (SSSR count). The van der Waals surface area contributed by atoms with Crippen molar-refractivity contribution >= 4 is 17.8 Å². The molecule has 0 aromatic heterocycles. The van der Waals surface area contributed by atoms with Gasteiger partial charge in [-0.1, -0.05) is 44.2 Å². The first-order chi connectivity index (χ1) is 10.4. The van der Waals surface area contributed by atoms with Gasteiger partial charge in [-0.25, -0.2) is 10.6 Å². The van der Waals surface area contributed by atoms with Gasteiger partial charge in [-0.2, -0.15) is 0 Å². The fourth-order valence-electron chi connectivity index (χ4n) is 1.84. The first-order valence-electron chi connectivity index (χ1n) is 6.96. The van der Waals surface area contributed by atoms with Gasteiger partial charge in [-0.3, -0.25) is 15.0 Å². The maximum atomic E-state index is 11.9. The number of hydrogen-bond acceptors (Lipinski definition) is 5. The Morgan fingerprint density at radius 2 is 1.82 bits per heavy atom. The minimum atomic E-state index is -0.966. The van der Waals surface area contributed by atoms with Crippen molar-refractivity contribution in [2.24, 2.45) is 11.8 Å². The molecule has 0 spiro atoms. The van der Waals surface area contributed by atoms with Crippen LogP contribution < -0.4 is 16.6 Å². The van der Waals surface area contributed by atoms with Crippen molar-refractivity contribution in [2.75, 3.05) is 0 Å².